The van der Waals surface area contributed by atoms with Crippen LogP contribution in [0.4, 0.5) is 4.39 Å². The van der Waals surface area contributed by atoms with Gasteiger partial charge in [-0.05, 0) is 30.7 Å². The molecule has 18 heavy (non-hydrogen) atoms. The molecule has 96 valence electrons. The van der Waals surface area contributed by atoms with Crippen LogP contribution in [-0.2, 0) is 4.79 Å². The average molecular weight is 250 g/mol. The van der Waals surface area contributed by atoms with Gasteiger partial charge < -0.3 is 9.84 Å². The van der Waals surface area contributed by atoms with E-state index in [0.717, 1.165) is 11.6 Å². The average Bonchev–Trinajstić information content (AvgIpc) is 2.28. The van der Waals surface area contributed by atoms with E-state index >= 15 is 0 Å². The summed E-state index contributed by atoms with van der Waals surface area (Å²) >= 11 is 0. The van der Waals surface area contributed by atoms with Crippen LogP contribution >= 0.6 is 0 Å². The van der Waals surface area contributed by atoms with Crippen LogP contribution < -0.4 is 4.74 Å². The standard InChI is InChI=1S/C14H15FO3/c1-10(2)7-8-18-13-5-3-11(9-12(13)15)4-6-14(16)17/h3-6,9H,1,7-8H2,2H3,(H,16,17)/b6-4+. The SMILES string of the molecule is C=C(C)CCOc1ccc(/C=C/C(=O)O)cc1F. The van der Waals surface area contributed by atoms with Crippen molar-refractivity contribution in [2.75, 3.05) is 6.61 Å². The molecular formula is C14H15FO3. The normalized spacial score (nSPS) is 10.6. The maximum atomic E-state index is 13.6. The second kappa shape index (κ2) is 6.59. The summed E-state index contributed by atoms with van der Waals surface area (Å²) < 4.78 is 18.8. The Hall–Kier alpha value is -2.10. The molecule has 0 saturated heterocycles. The third-order valence-electron chi connectivity index (χ3n) is 2.16. The van der Waals surface area contributed by atoms with E-state index in [2.05, 4.69) is 6.58 Å². The molecule has 0 saturated carbocycles. The molecule has 0 radical (unpaired) electrons. The Bertz CT molecular complexity index is 478. The molecule has 1 rings (SSSR count). The van der Waals surface area contributed by atoms with E-state index in [-0.39, 0.29) is 5.75 Å². The number of carboxylic acid groups (broad SMARTS) is 1. The fourth-order valence-corrected chi connectivity index (χ4v) is 1.24. The van der Waals surface area contributed by atoms with Crippen molar-refractivity contribution in [3.63, 3.8) is 0 Å². The first-order valence-electron chi connectivity index (χ1n) is 5.47. The van der Waals surface area contributed by atoms with Gasteiger partial charge in [0.05, 0.1) is 6.61 Å². The summed E-state index contributed by atoms with van der Waals surface area (Å²) in [6, 6.07) is 4.31. The van der Waals surface area contributed by atoms with Gasteiger partial charge in [0, 0.05) is 12.5 Å². The Balaban J connectivity index is 2.67. The molecule has 1 N–H and O–H groups in total. The van der Waals surface area contributed by atoms with Gasteiger partial charge >= 0.3 is 5.97 Å². The molecule has 0 unspecified atom stereocenters. The number of hydrogen-bond acceptors (Lipinski definition) is 2. The van der Waals surface area contributed by atoms with Crippen molar-refractivity contribution < 1.29 is 19.0 Å². The van der Waals surface area contributed by atoms with Gasteiger partial charge in [0.25, 0.3) is 0 Å². The smallest absolute Gasteiger partial charge is 0.328 e. The van der Waals surface area contributed by atoms with E-state index in [4.69, 9.17) is 9.84 Å². The Kier molecular flexibility index (Phi) is 5.11. The first kappa shape index (κ1) is 14.0. The molecule has 0 aromatic heterocycles. The molecule has 1 aromatic rings. The third-order valence-corrected chi connectivity index (χ3v) is 2.16. The van der Waals surface area contributed by atoms with Crippen LogP contribution in [-0.4, -0.2) is 17.7 Å². The number of rotatable bonds is 6. The van der Waals surface area contributed by atoms with E-state index < -0.39 is 11.8 Å². The van der Waals surface area contributed by atoms with Crippen molar-refractivity contribution >= 4 is 12.0 Å². The first-order chi connectivity index (χ1) is 8.49. The number of carboxylic acids is 1. The zero-order chi connectivity index (χ0) is 13.5. The largest absolute Gasteiger partial charge is 0.490 e. The van der Waals surface area contributed by atoms with E-state index in [1.807, 2.05) is 6.92 Å². The van der Waals surface area contributed by atoms with Crippen molar-refractivity contribution in [1.82, 2.24) is 0 Å². The minimum atomic E-state index is -1.07. The third kappa shape index (κ3) is 4.82. The Morgan fingerprint density at radius 2 is 2.28 bits per heavy atom. The zero-order valence-electron chi connectivity index (χ0n) is 10.1. The van der Waals surface area contributed by atoms with Gasteiger partial charge in [-0.3, -0.25) is 0 Å². The molecule has 1 aromatic carbocycles. The molecule has 0 aliphatic carbocycles. The predicted molar refractivity (Wildman–Crippen MR) is 68.0 cm³/mol. The highest BCUT2D eigenvalue weighted by atomic mass is 19.1. The van der Waals surface area contributed by atoms with Crippen LogP contribution in [0.1, 0.15) is 18.9 Å². The molecule has 3 nitrogen and oxygen atoms in total. The predicted octanol–water partition coefficient (Wildman–Crippen LogP) is 3.27. The molecule has 0 spiro atoms. The molecule has 4 heteroatoms. The molecular weight excluding hydrogens is 235 g/mol. The summed E-state index contributed by atoms with van der Waals surface area (Å²) in [5.74, 6) is -1.43. The second-order valence-corrected chi connectivity index (χ2v) is 3.92. The van der Waals surface area contributed by atoms with Crippen LogP contribution in [0.5, 0.6) is 5.75 Å². The van der Waals surface area contributed by atoms with Crippen molar-refractivity contribution in [3.8, 4) is 5.75 Å². The molecule has 0 amide bonds. The van der Waals surface area contributed by atoms with Crippen LogP contribution in [0.2, 0.25) is 0 Å². The topological polar surface area (TPSA) is 46.5 Å². The van der Waals surface area contributed by atoms with Crippen molar-refractivity contribution in [3.05, 3.63) is 47.8 Å². The number of aliphatic carboxylic acids is 1. The molecule has 0 heterocycles. The Morgan fingerprint density at radius 1 is 1.56 bits per heavy atom. The first-order valence-corrected chi connectivity index (χ1v) is 5.47. The maximum absolute atomic E-state index is 13.6. The highest BCUT2D eigenvalue weighted by Gasteiger charge is 2.03. The fourth-order valence-electron chi connectivity index (χ4n) is 1.24. The number of carbonyl (C=O) groups is 1. The number of benzene rings is 1. The maximum Gasteiger partial charge on any atom is 0.328 e. The summed E-state index contributed by atoms with van der Waals surface area (Å²) in [5, 5.41) is 8.45. The van der Waals surface area contributed by atoms with Crippen LogP contribution in [0.15, 0.2) is 36.4 Å². The van der Waals surface area contributed by atoms with Gasteiger partial charge in [-0.25, -0.2) is 9.18 Å². The van der Waals surface area contributed by atoms with E-state index in [0.29, 0.717) is 18.6 Å². The zero-order valence-corrected chi connectivity index (χ0v) is 10.1. The summed E-state index contributed by atoms with van der Waals surface area (Å²) in [4.78, 5) is 10.3. The lowest BCUT2D eigenvalue weighted by Gasteiger charge is -2.07. The lowest BCUT2D eigenvalue weighted by molar-refractivity contribution is -0.131. The quantitative estimate of drug-likeness (QED) is 0.622. The van der Waals surface area contributed by atoms with Gasteiger partial charge in [0.15, 0.2) is 11.6 Å². The highest BCUT2D eigenvalue weighted by molar-refractivity contribution is 5.85. The minimum Gasteiger partial charge on any atom is -0.490 e. The number of halogens is 1. The summed E-state index contributed by atoms with van der Waals surface area (Å²) in [7, 11) is 0. The van der Waals surface area contributed by atoms with Crippen LogP contribution in [0, 0.1) is 5.82 Å². The van der Waals surface area contributed by atoms with Gasteiger partial charge in [-0.2, -0.15) is 0 Å². The van der Waals surface area contributed by atoms with Gasteiger partial charge in [0.1, 0.15) is 0 Å². The van der Waals surface area contributed by atoms with Crippen molar-refractivity contribution in [1.29, 1.82) is 0 Å². The molecule has 0 bridgehead atoms. The number of hydrogen-bond donors (Lipinski definition) is 1. The summed E-state index contributed by atoms with van der Waals surface area (Å²) in [6.07, 6.45) is 2.94. The minimum absolute atomic E-state index is 0.156. The summed E-state index contributed by atoms with van der Waals surface area (Å²) in [5.41, 5.74) is 1.44. The van der Waals surface area contributed by atoms with Gasteiger partial charge in [0.2, 0.25) is 0 Å². The second-order valence-electron chi connectivity index (χ2n) is 3.92. The Morgan fingerprint density at radius 3 is 2.83 bits per heavy atom. The lowest BCUT2D eigenvalue weighted by Crippen LogP contribution is -1.99. The van der Waals surface area contributed by atoms with Crippen LogP contribution in [0.3, 0.4) is 0 Å². The molecule has 0 aliphatic rings. The molecule has 0 atom stereocenters. The van der Waals surface area contributed by atoms with Gasteiger partial charge in [-0.1, -0.05) is 11.6 Å². The van der Waals surface area contributed by atoms with E-state index in [9.17, 15) is 9.18 Å². The van der Waals surface area contributed by atoms with Gasteiger partial charge in [-0.15, -0.1) is 6.58 Å². The highest BCUT2D eigenvalue weighted by Crippen LogP contribution is 2.19. The van der Waals surface area contributed by atoms with E-state index in [1.165, 1.54) is 18.2 Å². The fraction of sp³-hybridized carbons (Fsp3) is 0.214. The number of ether oxygens (including phenoxy) is 1. The molecule has 0 aliphatic heterocycles. The van der Waals surface area contributed by atoms with Crippen molar-refractivity contribution in [2.24, 2.45) is 0 Å². The Labute approximate surface area is 105 Å². The lowest BCUT2D eigenvalue weighted by atomic mass is 10.2. The molecule has 0 fully saturated rings. The van der Waals surface area contributed by atoms with Crippen LogP contribution in [0.25, 0.3) is 6.08 Å². The monoisotopic (exact) mass is 250 g/mol. The summed E-state index contributed by atoms with van der Waals surface area (Å²) in [6.45, 7) is 5.97. The van der Waals surface area contributed by atoms with Crippen molar-refractivity contribution in [2.45, 2.75) is 13.3 Å². The van der Waals surface area contributed by atoms with E-state index in [1.54, 1.807) is 6.07 Å².